The maximum Gasteiger partial charge on any atom is 0.232 e. The molecule has 0 unspecified atom stereocenters. The van der Waals surface area contributed by atoms with E-state index in [1.54, 1.807) is 24.7 Å². The van der Waals surface area contributed by atoms with E-state index in [-0.39, 0.29) is 0 Å². The lowest BCUT2D eigenvalue weighted by atomic mass is 10.8. The number of methoxy groups -OCH3 is 1. The van der Waals surface area contributed by atoms with Gasteiger partial charge in [0.2, 0.25) is 5.88 Å². The van der Waals surface area contributed by atoms with Gasteiger partial charge < -0.3 is 4.74 Å². The Kier molecular flexibility index (Phi) is 1.58. The maximum atomic E-state index is 4.81. The fourth-order valence-electron chi connectivity index (χ4n) is 0.483. The molecule has 1 heterocycles. The number of hydrogen-bond acceptors (Lipinski definition) is 4. The molecule has 0 amide bonds. The molecule has 0 saturated heterocycles. The highest BCUT2D eigenvalue weighted by atomic mass is 16.5. The van der Waals surface area contributed by atoms with Gasteiger partial charge >= 0.3 is 0 Å². The van der Waals surface area contributed by atoms with E-state index in [0.29, 0.717) is 5.88 Å². The summed E-state index contributed by atoms with van der Waals surface area (Å²) in [5.41, 5.74) is 2.88. The molecule has 0 aromatic heterocycles. The third kappa shape index (κ3) is 1.35. The van der Waals surface area contributed by atoms with Crippen molar-refractivity contribution in [2.45, 2.75) is 0 Å². The molecule has 0 aromatic rings. The first-order valence-electron chi connectivity index (χ1n) is 2.60. The molecule has 0 aliphatic carbocycles. The molecule has 9 heavy (non-hydrogen) atoms. The predicted octanol–water partition coefficient (Wildman–Crippen LogP) is -0.0900. The molecule has 0 fully saturated rings. The van der Waals surface area contributed by atoms with Crippen LogP contribution in [-0.2, 0) is 4.74 Å². The Morgan fingerprint density at radius 1 is 1.78 bits per heavy atom. The van der Waals surface area contributed by atoms with E-state index in [4.69, 9.17) is 4.74 Å². The summed E-state index contributed by atoms with van der Waals surface area (Å²) in [6, 6.07) is 0. The van der Waals surface area contributed by atoms with Gasteiger partial charge in [0.05, 0.1) is 13.3 Å². The van der Waals surface area contributed by atoms with Gasteiger partial charge in [0.25, 0.3) is 0 Å². The lowest BCUT2D eigenvalue weighted by Gasteiger charge is -2.16. The molecule has 0 saturated carbocycles. The Labute approximate surface area is 53.8 Å². The van der Waals surface area contributed by atoms with Crippen LogP contribution in [0, 0.1) is 0 Å². The number of nitrogens with one attached hydrogen (secondary N) is 1. The first-order chi connectivity index (χ1) is 4.33. The van der Waals surface area contributed by atoms with Crippen molar-refractivity contribution >= 4 is 6.34 Å². The summed E-state index contributed by atoms with van der Waals surface area (Å²) in [5.74, 6) is 0.591. The minimum atomic E-state index is 0.591. The first-order valence-corrected chi connectivity index (χ1v) is 2.60. The van der Waals surface area contributed by atoms with Gasteiger partial charge in [-0.15, -0.1) is 0 Å². The van der Waals surface area contributed by atoms with Crippen molar-refractivity contribution in [3.63, 3.8) is 0 Å². The van der Waals surface area contributed by atoms with Crippen LogP contribution in [0.2, 0.25) is 0 Å². The molecule has 0 atom stereocenters. The molecule has 0 aromatic carbocycles. The van der Waals surface area contributed by atoms with Gasteiger partial charge in [-0.05, 0) is 0 Å². The van der Waals surface area contributed by atoms with E-state index in [9.17, 15) is 0 Å². The van der Waals surface area contributed by atoms with E-state index in [0.717, 1.165) is 0 Å². The predicted molar refractivity (Wildman–Crippen MR) is 34.5 cm³/mol. The topological polar surface area (TPSA) is 36.9 Å². The molecule has 0 spiro atoms. The summed E-state index contributed by atoms with van der Waals surface area (Å²) < 4.78 is 4.81. The second kappa shape index (κ2) is 2.39. The average molecular weight is 127 g/mol. The Balaban J connectivity index is 2.52. The van der Waals surface area contributed by atoms with Crippen LogP contribution < -0.4 is 5.43 Å². The summed E-state index contributed by atoms with van der Waals surface area (Å²) in [5, 5.41) is 1.72. The van der Waals surface area contributed by atoms with Crippen LogP contribution in [0.1, 0.15) is 0 Å². The third-order valence-electron chi connectivity index (χ3n) is 0.959. The van der Waals surface area contributed by atoms with Crippen LogP contribution in [0.25, 0.3) is 0 Å². The summed E-state index contributed by atoms with van der Waals surface area (Å²) in [6.45, 7) is 0. The third-order valence-corrected chi connectivity index (χ3v) is 0.959. The van der Waals surface area contributed by atoms with Crippen molar-refractivity contribution < 1.29 is 4.74 Å². The van der Waals surface area contributed by atoms with Gasteiger partial charge in [-0.25, -0.2) is 4.99 Å². The van der Waals surface area contributed by atoms with E-state index in [1.165, 1.54) is 0 Å². The van der Waals surface area contributed by atoms with E-state index >= 15 is 0 Å². The molecule has 1 N–H and O–H groups in total. The van der Waals surface area contributed by atoms with Gasteiger partial charge in [0.1, 0.15) is 6.34 Å². The zero-order chi connectivity index (χ0) is 6.69. The summed E-state index contributed by atoms with van der Waals surface area (Å²) in [6.07, 6.45) is 3.32. The monoisotopic (exact) mass is 127 g/mol. The van der Waals surface area contributed by atoms with Crippen LogP contribution >= 0.6 is 0 Å². The van der Waals surface area contributed by atoms with Crippen molar-refractivity contribution in [2.24, 2.45) is 4.99 Å². The van der Waals surface area contributed by atoms with E-state index in [1.807, 2.05) is 7.05 Å². The molecule has 1 rings (SSSR count). The second-order valence-corrected chi connectivity index (χ2v) is 1.67. The highest BCUT2D eigenvalue weighted by molar-refractivity contribution is 5.56. The molecule has 0 bridgehead atoms. The lowest BCUT2D eigenvalue weighted by molar-refractivity contribution is 0.271. The Morgan fingerprint density at radius 3 is 3.00 bits per heavy atom. The molecule has 4 nitrogen and oxygen atoms in total. The zero-order valence-corrected chi connectivity index (χ0v) is 5.46. The number of rotatable bonds is 1. The van der Waals surface area contributed by atoms with Crippen molar-refractivity contribution in [1.29, 1.82) is 0 Å². The van der Waals surface area contributed by atoms with Crippen molar-refractivity contribution in [2.75, 3.05) is 14.2 Å². The SMILES string of the molecule is COC1=CNN(C)C=N1. The van der Waals surface area contributed by atoms with E-state index < -0.39 is 0 Å². The van der Waals surface area contributed by atoms with Gasteiger partial charge in [0, 0.05) is 7.05 Å². The summed E-state index contributed by atoms with van der Waals surface area (Å²) in [7, 11) is 3.43. The molecule has 1 aliphatic heterocycles. The molecule has 4 heteroatoms. The number of ether oxygens (including phenoxy) is 1. The Bertz CT molecular complexity index is 152. The largest absolute Gasteiger partial charge is 0.480 e. The van der Waals surface area contributed by atoms with E-state index in [2.05, 4.69) is 10.4 Å². The standard InChI is InChI=1S/C5H9N3O/c1-8-4-6-5(9-2)3-7-8/h3-4,7H,1-2H3. The van der Waals surface area contributed by atoms with Gasteiger partial charge in [-0.3, -0.25) is 10.4 Å². The number of aliphatic imine (C=N–C) groups is 1. The van der Waals surface area contributed by atoms with Crippen molar-refractivity contribution in [1.82, 2.24) is 10.4 Å². The van der Waals surface area contributed by atoms with Crippen LogP contribution in [0.15, 0.2) is 17.1 Å². The minimum absolute atomic E-state index is 0.591. The van der Waals surface area contributed by atoms with Crippen LogP contribution in [0.4, 0.5) is 0 Å². The summed E-state index contributed by atoms with van der Waals surface area (Å²) in [4.78, 5) is 3.91. The van der Waals surface area contributed by atoms with Crippen LogP contribution in [0.3, 0.4) is 0 Å². The zero-order valence-electron chi connectivity index (χ0n) is 5.46. The Morgan fingerprint density at radius 2 is 2.56 bits per heavy atom. The Hall–Kier alpha value is -1.19. The van der Waals surface area contributed by atoms with Gasteiger partial charge in [0.15, 0.2) is 0 Å². The van der Waals surface area contributed by atoms with Crippen LogP contribution in [0.5, 0.6) is 0 Å². The average Bonchev–Trinajstić information content (AvgIpc) is 1.90. The fraction of sp³-hybridized carbons (Fsp3) is 0.400. The molecular weight excluding hydrogens is 118 g/mol. The highest BCUT2D eigenvalue weighted by Crippen LogP contribution is 1.97. The molecule has 0 radical (unpaired) electrons. The molecular formula is C5H9N3O. The lowest BCUT2D eigenvalue weighted by Crippen LogP contribution is -2.31. The molecule has 1 aliphatic rings. The highest BCUT2D eigenvalue weighted by Gasteiger charge is 1.97. The van der Waals surface area contributed by atoms with Gasteiger partial charge in [-0.1, -0.05) is 0 Å². The normalized spacial score (nSPS) is 16.7. The van der Waals surface area contributed by atoms with Crippen LogP contribution in [-0.4, -0.2) is 25.5 Å². The van der Waals surface area contributed by atoms with Crippen molar-refractivity contribution in [3.05, 3.63) is 12.1 Å². The number of hydrogen-bond donors (Lipinski definition) is 1. The van der Waals surface area contributed by atoms with Gasteiger partial charge in [-0.2, -0.15) is 0 Å². The quantitative estimate of drug-likeness (QED) is 0.535. The molecule has 50 valence electrons. The second-order valence-electron chi connectivity index (χ2n) is 1.67. The first kappa shape index (κ1) is 5.94. The smallest absolute Gasteiger partial charge is 0.232 e. The maximum absolute atomic E-state index is 4.81. The minimum Gasteiger partial charge on any atom is -0.480 e. The fourth-order valence-corrected chi connectivity index (χ4v) is 0.483. The number of nitrogens with zero attached hydrogens (tertiary/aromatic N) is 2. The summed E-state index contributed by atoms with van der Waals surface area (Å²) >= 11 is 0. The number of hydrazine groups is 1. The van der Waals surface area contributed by atoms with Crippen molar-refractivity contribution in [3.8, 4) is 0 Å².